The number of alkyl halides is 3. The first kappa shape index (κ1) is 10.1. The van der Waals surface area contributed by atoms with E-state index in [9.17, 15) is 13.2 Å². The van der Waals surface area contributed by atoms with Crippen molar-refractivity contribution in [1.29, 1.82) is 0 Å². The van der Waals surface area contributed by atoms with E-state index in [1.807, 2.05) is 0 Å². The Labute approximate surface area is 63.6 Å². The standard InChI is InChI=1S/C7H10F3N/c1-4-6(5(2)11-3)7(8,9)10/h4,11H,1H2,2-3H3/b6-5+. The van der Waals surface area contributed by atoms with Crippen LogP contribution in [0.1, 0.15) is 6.92 Å². The molecule has 0 aromatic rings. The molecule has 0 heterocycles. The van der Waals surface area contributed by atoms with E-state index in [0.717, 1.165) is 6.08 Å². The molecule has 11 heavy (non-hydrogen) atoms. The summed E-state index contributed by atoms with van der Waals surface area (Å²) in [6.07, 6.45) is -3.51. The van der Waals surface area contributed by atoms with E-state index >= 15 is 0 Å². The van der Waals surface area contributed by atoms with Crippen molar-refractivity contribution in [2.75, 3.05) is 7.05 Å². The SMILES string of the molecule is C=C/C(=C(/C)NC)C(F)(F)F. The van der Waals surface area contributed by atoms with Crippen molar-refractivity contribution in [2.45, 2.75) is 13.1 Å². The van der Waals surface area contributed by atoms with Crippen LogP contribution in [-0.4, -0.2) is 13.2 Å². The number of halogens is 3. The fourth-order valence-electron chi connectivity index (χ4n) is 0.616. The van der Waals surface area contributed by atoms with Gasteiger partial charge in [0.2, 0.25) is 0 Å². The van der Waals surface area contributed by atoms with E-state index in [1.54, 1.807) is 0 Å². The lowest BCUT2D eigenvalue weighted by atomic mass is 10.2. The first-order valence-electron chi connectivity index (χ1n) is 3.01. The van der Waals surface area contributed by atoms with Gasteiger partial charge in [-0.1, -0.05) is 12.7 Å². The molecule has 0 aromatic heterocycles. The zero-order valence-corrected chi connectivity index (χ0v) is 6.42. The van der Waals surface area contributed by atoms with Gasteiger partial charge in [-0.25, -0.2) is 0 Å². The Bertz CT molecular complexity index is 179. The second-order valence-electron chi connectivity index (χ2n) is 1.99. The molecular weight excluding hydrogens is 155 g/mol. The number of rotatable bonds is 2. The van der Waals surface area contributed by atoms with E-state index in [2.05, 4.69) is 11.9 Å². The molecule has 0 radical (unpaired) electrons. The van der Waals surface area contributed by atoms with Crippen molar-refractivity contribution < 1.29 is 13.2 Å². The van der Waals surface area contributed by atoms with E-state index in [0.29, 0.717) is 0 Å². The van der Waals surface area contributed by atoms with Gasteiger partial charge in [-0.2, -0.15) is 13.2 Å². The minimum absolute atomic E-state index is 0.0764. The summed E-state index contributed by atoms with van der Waals surface area (Å²) in [4.78, 5) is 0. The Balaban J connectivity index is 4.80. The van der Waals surface area contributed by atoms with Crippen molar-refractivity contribution in [2.24, 2.45) is 0 Å². The Kier molecular flexibility index (Phi) is 3.17. The molecular formula is C7H10F3N. The Morgan fingerprint density at radius 3 is 2.00 bits per heavy atom. The second kappa shape index (κ2) is 3.46. The molecule has 1 N–H and O–H groups in total. The highest BCUT2D eigenvalue weighted by Crippen LogP contribution is 2.27. The molecule has 0 atom stereocenters. The molecule has 0 aliphatic rings. The highest BCUT2D eigenvalue weighted by molar-refractivity contribution is 5.26. The average Bonchev–Trinajstić information content (AvgIpc) is 1.86. The summed E-state index contributed by atoms with van der Waals surface area (Å²) in [6.45, 7) is 4.43. The van der Waals surface area contributed by atoms with Gasteiger partial charge < -0.3 is 5.32 Å². The highest BCUT2D eigenvalue weighted by Gasteiger charge is 2.32. The monoisotopic (exact) mass is 165 g/mol. The topological polar surface area (TPSA) is 12.0 Å². The Morgan fingerprint density at radius 2 is 1.91 bits per heavy atom. The third-order valence-electron chi connectivity index (χ3n) is 1.29. The summed E-state index contributed by atoms with van der Waals surface area (Å²) in [5.74, 6) is 0. The minimum Gasteiger partial charge on any atom is -0.391 e. The van der Waals surface area contributed by atoms with Crippen molar-refractivity contribution in [3.63, 3.8) is 0 Å². The molecule has 0 amide bonds. The summed E-state index contributed by atoms with van der Waals surface area (Å²) in [5.41, 5.74) is -0.646. The highest BCUT2D eigenvalue weighted by atomic mass is 19.4. The van der Waals surface area contributed by atoms with Crippen LogP contribution in [0.5, 0.6) is 0 Å². The second-order valence-corrected chi connectivity index (χ2v) is 1.99. The Morgan fingerprint density at radius 1 is 1.45 bits per heavy atom. The predicted molar refractivity (Wildman–Crippen MR) is 38.0 cm³/mol. The Hall–Kier alpha value is -0.930. The molecule has 0 fully saturated rings. The molecule has 0 aromatic carbocycles. The normalized spacial score (nSPS) is 13.9. The zero-order chi connectivity index (χ0) is 9.07. The van der Waals surface area contributed by atoms with Crippen LogP contribution in [0.4, 0.5) is 13.2 Å². The molecule has 0 rings (SSSR count). The molecule has 0 aliphatic carbocycles. The van der Waals surface area contributed by atoms with Gasteiger partial charge in [0.1, 0.15) is 0 Å². The lowest BCUT2D eigenvalue weighted by Crippen LogP contribution is -2.17. The molecule has 0 bridgehead atoms. The molecule has 64 valence electrons. The summed E-state index contributed by atoms with van der Waals surface area (Å²) in [6, 6.07) is 0. The van der Waals surface area contributed by atoms with Gasteiger partial charge in [0, 0.05) is 12.7 Å². The van der Waals surface area contributed by atoms with Crippen molar-refractivity contribution >= 4 is 0 Å². The van der Waals surface area contributed by atoms with Gasteiger partial charge in [-0.05, 0) is 6.92 Å². The van der Waals surface area contributed by atoms with Gasteiger partial charge in [0.05, 0.1) is 5.57 Å². The number of allylic oxidation sites excluding steroid dienone is 3. The van der Waals surface area contributed by atoms with E-state index in [1.165, 1.54) is 14.0 Å². The van der Waals surface area contributed by atoms with Crippen molar-refractivity contribution in [3.8, 4) is 0 Å². The molecule has 0 spiro atoms. The first-order chi connectivity index (χ1) is 4.93. The van der Waals surface area contributed by atoms with E-state index < -0.39 is 11.7 Å². The zero-order valence-electron chi connectivity index (χ0n) is 6.42. The van der Waals surface area contributed by atoms with Crippen LogP contribution in [0.25, 0.3) is 0 Å². The van der Waals surface area contributed by atoms with Gasteiger partial charge in [-0.15, -0.1) is 0 Å². The lowest BCUT2D eigenvalue weighted by molar-refractivity contribution is -0.0891. The van der Waals surface area contributed by atoms with Gasteiger partial charge in [0.25, 0.3) is 0 Å². The molecule has 0 aliphatic heterocycles. The summed E-state index contributed by atoms with van der Waals surface area (Å²) >= 11 is 0. The largest absolute Gasteiger partial charge is 0.418 e. The van der Waals surface area contributed by atoms with Crippen LogP contribution in [0.3, 0.4) is 0 Å². The number of hydrogen-bond acceptors (Lipinski definition) is 1. The maximum atomic E-state index is 12.0. The van der Waals surface area contributed by atoms with Crippen molar-refractivity contribution in [3.05, 3.63) is 23.9 Å². The molecule has 1 nitrogen and oxygen atoms in total. The summed E-state index contributed by atoms with van der Waals surface area (Å²) in [7, 11) is 1.44. The van der Waals surface area contributed by atoms with Crippen LogP contribution in [0.2, 0.25) is 0 Å². The fourth-order valence-corrected chi connectivity index (χ4v) is 0.616. The van der Waals surface area contributed by atoms with E-state index in [4.69, 9.17) is 0 Å². The summed E-state index contributed by atoms with van der Waals surface area (Å²) < 4.78 is 36.0. The van der Waals surface area contributed by atoms with Gasteiger partial charge >= 0.3 is 6.18 Å². The molecule has 4 heteroatoms. The predicted octanol–water partition coefficient (Wildman–Crippen LogP) is 2.23. The third-order valence-corrected chi connectivity index (χ3v) is 1.29. The fraction of sp³-hybridized carbons (Fsp3) is 0.429. The average molecular weight is 165 g/mol. The molecule has 0 saturated heterocycles. The van der Waals surface area contributed by atoms with Crippen molar-refractivity contribution in [1.82, 2.24) is 5.32 Å². The van der Waals surface area contributed by atoms with Crippen LogP contribution in [0.15, 0.2) is 23.9 Å². The summed E-state index contributed by atoms with van der Waals surface area (Å²) in [5, 5.41) is 2.41. The van der Waals surface area contributed by atoms with Crippen LogP contribution < -0.4 is 5.32 Å². The maximum absolute atomic E-state index is 12.0. The van der Waals surface area contributed by atoms with Gasteiger partial charge in [0.15, 0.2) is 0 Å². The molecule has 0 saturated carbocycles. The quantitative estimate of drug-likeness (QED) is 0.618. The number of hydrogen-bond donors (Lipinski definition) is 1. The third kappa shape index (κ3) is 2.65. The lowest BCUT2D eigenvalue weighted by Gasteiger charge is -2.10. The van der Waals surface area contributed by atoms with E-state index in [-0.39, 0.29) is 5.70 Å². The van der Waals surface area contributed by atoms with Crippen LogP contribution in [-0.2, 0) is 0 Å². The maximum Gasteiger partial charge on any atom is 0.418 e. The minimum atomic E-state index is -4.31. The van der Waals surface area contributed by atoms with Gasteiger partial charge in [-0.3, -0.25) is 0 Å². The number of nitrogens with one attached hydrogen (secondary N) is 1. The first-order valence-corrected chi connectivity index (χ1v) is 3.01. The smallest absolute Gasteiger partial charge is 0.391 e. The van der Waals surface area contributed by atoms with Crippen LogP contribution >= 0.6 is 0 Å². The van der Waals surface area contributed by atoms with Crippen LogP contribution in [0, 0.1) is 0 Å². The molecule has 0 unspecified atom stereocenters.